The highest BCUT2D eigenvalue weighted by molar-refractivity contribution is 7.09. The summed E-state index contributed by atoms with van der Waals surface area (Å²) in [6.45, 7) is 5.49. The fraction of sp³-hybridized carbons (Fsp3) is 0.769. The predicted molar refractivity (Wildman–Crippen MR) is 70.0 cm³/mol. The molecule has 16 heavy (non-hydrogen) atoms. The molecule has 1 N–H and O–H groups in total. The van der Waals surface area contributed by atoms with Gasteiger partial charge in [0.25, 0.3) is 0 Å². The van der Waals surface area contributed by atoms with Gasteiger partial charge in [0, 0.05) is 17.3 Å². The summed E-state index contributed by atoms with van der Waals surface area (Å²) in [5.74, 6) is 0.761. The molecule has 1 aromatic rings. The molecule has 1 aliphatic carbocycles. The Morgan fingerprint density at radius 2 is 2.25 bits per heavy atom. The summed E-state index contributed by atoms with van der Waals surface area (Å²) in [5, 5.41) is 7.11. The maximum absolute atomic E-state index is 4.80. The molecule has 1 aliphatic rings. The third-order valence-corrected chi connectivity index (χ3v) is 4.41. The van der Waals surface area contributed by atoms with Gasteiger partial charge in [0.15, 0.2) is 0 Å². The topological polar surface area (TPSA) is 24.9 Å². The van der Waals surface area contributed by atoms with Gasteiger partial charge in [-0.25, -0.2) is 4.98 Å². The van der Waals surface area contributed by atoms with Gasteiger partial charge in [-0.3, -0.25) is 0 Å². The standard InChI is InChI=1S/C13H22N2S/c1-3-8-14-10(2)12-9-16-13(15-12)11-6-4-5-7-11/h9-11,14H,3-8H2,1-2H3. The van der Waals surface area contributed by atoms with Crippen LogP contribution in [0.2, 0.25) is 0 Å². The van der Waals surface area contributed by atoms with Crippen molar-refractivity contribution >= 4 is 11.3 Å². The van der Waals surface area contributed by atoms with Crippen molar-refractivity contribution in [1.82, 2.24) is 10.3 Å². The normalized spacial score (nSPS) is 19.1. The lowest BCUT2D eigenvalue weighted by Gasteiger charge is -2.10. The van der Waals surface area contributed by atoms with Crippen LogP contribution in [0.1, 0.15) is 68.6 Å². The fourth-order valence-corrected chi connectivity index (χ4v) is 3.41. The molecule has 3 heteroatoms. The Bertz CT molecular complexity index is 315. The SMILES string of the molecule is CCCNC(C)c1csc(C2CCCC2)n1. The average Bonchev–Trinajstić information content (AvgIpc) is 2.94. The Morgan fingerprint density at radius 1 is 1.50 bits per heavy atom. The molecule has 0 bridgehead atoms. The summed E-state index contributed by atoms with van der Waals surface area (Å²) >= 11 is 1.86. The molecular formula is C13H22N2S. The second kappa shape index (κ2) is 5.78. The number of thiazole rings is 1. The lowest BCUT2D eigenvalue weighted by atomic mass is 10.1. The molecule has 0 saturated heterocycles. The van der Waals surface area contributed by atoms with E-state index < -0.39 is 0 Å². The highest BCUT2D eigenvalue weighted by atomic mass is 32.1. The highest BCUT2D eigenvalue weighted by Crippen LogP contribution is 2.36. The van der Waals surface area contributed by atoms with Gasteiger partial charge in [-0.05, 0) is 32.7 Å². The first kappa shape index (κ1) is 12.1. The molecule has 1 fully saturated rings. The Balaban J connectivity index is 1.95. The first-order valence-corrected chi connectivity index (χ1v) is 7.38. The number of aromatic nitrogens is 1. The number of rotatable bonds is 5. The van der Waals surface area contributed by atoms with E-state index in [1.165, 1.54) is 42.8 Å². The van der Waals surface area contributed by atoms with Crippen LogP contribution in [-0.4, -0.2) is 11.5 Å². The summed E-state index contributed by atoms with van der Waals surface area (Å²) in [4.78, 5) is 4.80. The van der Waals surface area contributed by atoms with Crippen LogP contribution in [0.25, 0.3) is 0 Å². The largest absolute Gasteiger partial charge is 0.309 e. The lowest BCUT2D eigenvalue weighted by molar-refractivity contribution is 0.557. The van der Waals surface area contributed by atoms with E-state index in [2.05, 4.69) is 24.5 Å². The van der Waals surface area contributed by atoms with Crippen molar-refractivity contribution in [2.45, 2.75) is 57.9 Å². The number of hydrogen-bond acceptors (Lipinski definition) is 3. The smallest absolute Gasteiger partial charge is 0.0959 e. The molecule has 0 radical (unpaired) electrons. The Labute approximate surface area is 102 Å². The van der Waals surface area contributed by atoms with Gasteiger partial charge >= 0.3 is 0 Å². The monoisotopic (exact) mass is 238 g/mol. The number of nitrogens with zero attached hydrogens (tertiary/aromatic N) is 1. The van der Waals surface area contributed by atoms with Gasteiger partial charge < -0.3 is 5.32 Å². The molecule has 2 nitrogen and oxygen atoms in total. The molecule has 90 valence electrons. The molecule has 1 atom stereocenters. The van der Waals surface area contributed by atoms with Crippen molar-refractivity contribution in [1.29, 1.82) is 0 Å². The van der Waals surface area contributed by atoms with Crippen LogP contribution in [0.15, 0.2) is 5.38 Å². The van der Waals surface area contributed by atoms with Gasteiger partial charge in [0.2, 0.25) is 0 Å². The van der Waals surface area contributed by atoms with Crippen molar-refractivity contribution in [2.24, 2.45) is 0 Å². The summed E-state index contributed by atoms with van der Waals surface area (Å²) in [6.07, 6.45) is 6.67. The molecule has 0 amide bonds. The molecule has 1 heterocycles. The average molecular weight is 238 g/mol. The molecular weight excluding hydrogens is 216 g/mol. The fourth-order valence-electron chi connectivity index (χ4n) is 2.33. The second-order valence-corrected chi connectivity index (χ2v) is 5.66. The minimum atomic E-state index is 0.409. The summed E-state index contributed by atoms with van der Waals surface area (Å²) in [6, 6.07) is 0.409. The van der Waals surface area contributed by atoms with E-state index >= 15 is 0 Å². The maximum atomic E-state index is 4.80. The zero-order chi connectivity index (χ0) is 11.4. The van der Waals surface area contributed by atoms with Crippen molar-refractivity contribution in [3.8, 4) is 0 Å². The van der Waals surface area contributed by atoms with Gasteiger partial charge in [0.05, 0.1) is 10.7 Å². The van der Waals surface area contributed by atoms with Crippen LogP contribution in [-0.2, 0) is 0 Å². The van der Waals surface area contributed by atoms with Gasteiger partial charge in [0.1, 0.15) is 0 Å². The van der Waals surface area contributed by atoms with Gasteiger partial charge in [-0.15, -0.1) is 11.3 Å². The lowest BCUT2D eigenvalue weighted by Crippen LogP contribution is -2.19. The van der Waals surface area contributed by atoms with Crippen LogP contribution in [0, 0.1) is 0 Å². The first-order valence-electron chi connectivity index (χ1n) is 6.50. The van der Waals surface area contributed by atoms with Crippen molar-refractivity contribution in [2.75, 3.05) is 6.54 Å². The minimum Gasteiger partial charge on any atom is -0.309 e. The van der Waals surface area contributed by atoms with Gasteiger partial charge in [-0.1, -0.05) is 19.8 Å². The molecule has 2 rings (SSSR count). The van der Waals surface area contributed by atoms with Crippen molar-refractivity contribution in [3.63, 3.8) is 0 Å². The zero-order valence-corrected chi connectivity index (χ0v) is 11.1. The predicted octanol–water partition coefficient (Wildman–Crippen LogP) is 3.86. The van der Waals surface area contributed by atoms with E-state index in [0.717, 1.165) is 12.5 Å². The third-order valence-electron chi connectivity index (χ3n) is 3.39. The molecule has 0 aliphatic heterocycles. The molecule has 0 aromatic carbocycles. The summed E-state index contributed by atoms with van der Waals surface area (Å²) in [7, 11) is 0. The Morgan fingerprint density at radius 3 is 2.94 bits per heavy atom. The van der Waals surface area contributed by atoms with E-state index in [1.54, 1.807) is 0 Å². The summed E-state index contributed by atoms with van der Waals surface area (Å²) in [5.41, 5.74) is 1.24. The molecule has 1 unspecified atom stereocenters. The Kier molecular flexibility index (Phi) is 4.36. The van der Waals surface area contributed by atoms with E-state index in [0.29, 0.717) is 6.04 Å². The molecule has 1 aromatic heterocycles. The number of hydrogen-bond donors (Lipinski definition) is 1. The van der Waals surface area contributed by atoms with Crippen LogP contribution in [0.3, 0.4) is 0 Å². The van der Waals surface area contributed by atoms with E-state index in [4.69, 9.17) is 4.98 Å². The first-order chi connectivity index (χ1) is 7.81. The van der Waals surface area contributed by atoms with E-state index in [1.807, 2.05) is 11.3 Å². The quantitative estimate of drug-likeness (QED) is 0.842. The summed E-state index contributed by atoms with van der Waals surface area (Å²) < 4.78 is 0. The Hall–Kier alpha value is -0.410. The second-order valence-electron chi connectivity index (χ2n) is 4.77. The number of nitrogens with one attached hydrogen (secondary N) is 1. The maximum Gasteiger partial charge on any atom is 0.0959 e. The van der Waals surface area contributed by atoms with Crippen LogP contribution >= 0.6 is 11.3 Å². The van der Waals surface area contributed by atoms with Crippen LogP contribution in [0.5, 0.6) is 0 Å². The highest BCUT2D eigenvalue weighted by Gasteiger charge is 2.20. The van der Waals surface area contributed by atoms with E-state index in [-0.39, 0.29) is 0 Å². The molecule has 0 spiro atoms. The minimum absolute atomic E-state index is 0.409. The van der Waals surface area contributed by atoms with Crippen molar-refractivity contribution in [3.05, 3.63) is 16.1 Å². The van der Waals surface area contributed by atoms with Gasteiger partial charge in [-0.2, -0.15) is 0 Å². The van der Waals surface area contributed by atoms with Crippen LogP contribution in [0.4, 0.5) is 0 Å². The van der Waals surface area contributed by atoms with Crippen LogP contribution < -0.4 is 5.32 Å². The zero-order valence-electron chi connectivity index (χ0n) is 10.3. The van der Waals surface area contributed by atoms with E-state index in [9.17, 15) is 0 Å². The third kappa shape index (κ3) is 2.83. The van der Waals surface area contributed by atoms with Crippen molar-refractivity contribution < 1.29 is 0 Å². The molecule has 1 saturated carbocycles.